The minimum absolute atomic E-state index is 0.315. The Kier molecular flexibility index (Phi) is 5.93. The summed E-state index contributed by atoms with van der Waals surface area (Å²) < 4.78 is 11.5. The highest BCUT2D eigenvalue weighted by molar-refractivity contribution is 5.48. The van der Waals surface area contributed by atoms with Crippen LogP contribution in [0.3, 0.4) is 0 Å². The molecule has 0 radical (unpaired) electrons. The van der Waals surface area contributed by atoms with Crippen LogP contribution in [-0.2, 0) is 13.0 Å². The summed E-state index contributed by atoms with van der Waals surface area (Å²) in [5, 5.41) is 0. The molecule has 32 heavy (non-hydrogen) atoms. The zero-order valence-corrected chi connectivity index (χ0v) is 18.4. The van der Waals surface area contributed by atoms with E-state index in [1.807, 2.05) is 6.07 Å². The van der Waals surface area contributed by atoms with Crippen LogP contribution < -0.4 is 9.47 Å². The van der Waals surface area contributed by atoms with Gasteiger partial charge < -0.3 is 9.47 Å². The second kappa shape index (κ2) is 9.32. The van der Waals surface area contributed by atoms with Crippen LogP contribution in [0.5, 0.6) is 11.5 Å². The number of rotatable bonds is 6. The van der Waals surface area contributed by atoms with Gasteiger partial charge in [-0.05, 0) is 70.8 Å². The molecule has 0 aliphatic heterocycles. The van der Waals surface area contributed by atoms with Crippen LogP contribution in [0.15, 0.2) is 103 Å². The third-order valence-electron chi connectivity index (χ3n) is 6.53. The molecular weight excluding hydrogens is 392 g/mol. The fourth-order valence-corrected chi connectivity index (χ4v) is 4.91. The number of aryl methyl sites for hydroxylation is 1. The van der Waals surface area contributed by atoms with Crippen molar-refractivity contribution < 1.29 is 9.47 Å². The molecule has 2 heteroatoms. The maximum atomic E-state index is 6.12. The highest BCUT2D eigenvalue weighted by Crippen LogP contribution is 2.47. The van der Waals surface area contributed by atoms with Gasteiger partial charge in [-0.25, -0.2) is 0 Å². The van der Waals surface area contributed by atoms with Gasteiger partial charge in [0.25, 0.3) is 0 Å². The highest BCUT2D eigenvalue weighted by Gasteiger charge is 2.32. The van der Waals surface area contributed by atoms with Crippen LogP contribution in [0.25, 0.3) is 0 Å². The van der Waals surface area contributed by atoms with Crippen LogP contribution in [-0.4, -0.2) is 7.11 Å². The van der Waals surface area contributed by atoms with Gasteiger partial charge >= 0.3 is 0 Å². The third kappa shape index (κ3) is 4.27. The Hall–Kier alpha value is -3.52. The number of ether oxygens (including phenoxy) is 2. The van der Waals surface area contributed by atoms with Gasteiger partial charge in [-0.1, -0.05) is 78.9 Å². The number of benzene rings is 4. The normalized spacial score (nSPS) is 17.4. The van der Waals surface area contributed by atoms with E-state index < -0.39 is 0 Å². The Bertz CT molecular complexity index is 1150. The SMILES string of the molecule is COc1ccc([C@@H]2c3ccc(OCc4ccccc4)cc3CC[C@@H]2c2ccccc2)cc1. The Labute approximate surface area is 190 Å². The molecule has 0 amide bonds. The molecule has 4 aromatic carbocycles. The first-order chi connectivity index (χ1) is 15.8. The topological polar surface area (TPSA) is 18.5 Å². The largest absolute Gasteiger partial charge is 0.497 e. The van der Waals surface area contributed by atoms with Gasteiger partial charge in [0.1, 0.15) is 18.1 Å². The van der Waals surface area contributed by atoms with Crippen molar-refractivity contribution in [2.45, 2.75) is 31.3 Å². The van der Waals surface area contributed by atoms with Gasteiger partial charge in [-0.15, -0.1) is 0 Å². The van der Waals surface area contributed by atoms with E-state index >= 15 is 0 Å². The number of hydrogen-bond acceptors (Lipinski definition) is 2. The van der Waals surface area contributed by atoms with Crippen molar-refractivity contribution in [1.82, 2.24) is 0 Å². The van der Waals surface area contributed by atoms with Crippen LogP contribution in [0.4, 0.5) is 0 Å². The molecule has 0 spiro atoms. The summed E-state index contributed by atoms with van der Waals surface area (Å²) in [6, 6.07) is 36.5. The predicted octanol–water partition coefficient (Wildman–Crippen LogP) is 7.14. The van der Waals surface area contributed by atoms with Crippen LogP contribution in [0.2, 0.25) is 0 Å². The van der Waals surface area contributed by atoms with E-state index in [1.165, 1.54) is 27.8 Å². The fraction of sp³-hybridized carbons (Fsp3) is 0.200. The smallest absolute Gasteiger partial charge is 0.120 e. The van der Waals surface area contributed by atoms with Crippen LogP contribution in [0, 0.1) is 0 Å². The molecule has 0 N–H and O–H groups in total. The highest BCUT2D eigenvalue weighted by atomic mass is 16.5. The van der Waals surface area contributed by atoms with Crippen molar-refractivity contribution in [3.63, 3.8) is 0 Å². The Balaban J connectivity index is 1.48. The summed E-state index contributed by atoms with van der Waals surface area (Å²) in [6.07, 6.45) is 2.18. The summed E-state index contributed by atoms with van der Waals surface area (Å²) in [5.74, 6) is 2.60. The Morgan fingerprint density at radius 2 is 1.41 bits per heavy atom. The van der Waals surface area contributed by atoms with E-state index in [0.717, 1.165) is 24.3 Å². The summed E-state index contributed by atoms with van der Waals surface area (Å²) in [4.78, 5) is 0. The lowest BCUT2D eigenvalue weighted by atomic mass is 9.69. The van der Waals surface area contributed by atoms with Crippen LogP contribution >= 0.6 is 0 Å². The van der Waals surface area contributed by atoms with Crippen molar-refractivity contribution >= 4 is 0 Å². The molecule has 1 aliphatic rings. The van der Waals surface area contributed by atoms with Crippen molar-refractivity contribution in [2.75, 3.05) is 7.11 Å². The third-order valence-corrected chi connectivity index (χ3v) is 6.53. The van der Waals surface area contributed by atoms with E-state index in [1.54, 1.807) is 7.11 Å². The first-order valence-corrected chi connectivity index (χ1v) is 11.3. The molecule has 2 nitrogen and oxygen atoms in total. The molecule has 160 valence electrons. The standard InChI is InChI=1S/C30H28O2/c1-31-26-15-12-24(13-16-26)30-28(23-10-6-3-7-11-23)18-14-25-20-27(17-19-29(25)30)32-21-22-8-4-2-5-9-22/h2-13,15-17,19-20,28,30H,14,18,21H2,1H3/t28-,30+/m1/s1. The van der Waals surface area contributed by atoms with Gasteiger partial charge in [-0.3, -0.25) is 0 Å². The number of fused-ring (bicyclic) bond motifs is 1. The van der Waals surface area contributed by atoms with Crippen molar-refractivity contribution in [1.29, 1.82) is 0 Å². The molecule has 0 heterocycles. The monoisotopic (exact) mass is 420 g/mol. The van der Waals surface area contributed by atoms with Crippen molar-refractivity contribution in [3.05, 3.63) is 131 Å². The molecule has 5 rings (SSSR count). The molecular formula is C30H28O2. The molecule has 0 aromatic heterocycles. The zero-order valence-electron chi connectivity index (χ0n) is 18.4. The Morgan fingerprint density at radius 3 is 2.12 bits per heavy atom. The maximum absolute atomic E-state index is 6.12. The summed E-state index contributed by atoms with van der Waals surface area (Å²) in [6.45, 7) is 0.591. The van der Waals surface area contributed by atoms with E-state index in [-0.39, 0.29) is 0 Å². The zero-order chi connectivity index (χ0) is 21.8. The lowest BCUT2D eigenvalue weighted by Crippen LogP contribution is -2.20. The van der Waals surface area contributed by atoms with Crippen LogP contribution in [0.1, 0.15) is 46.1 Å². The average Bonchev–Trinajstić information content (AvgIpc) is 2.88. The van der Waals surface area contributed by atoms with Gasteiger partial charge in [0.05, 0.1) is 7.11 Å². The van der Waals surface area contributed by atoms with Gasteiger partial charge in [0.2, 0.25) is 0 Å². The van der Waals surface area contributed by atoms with E-state index in [4.69, 9.17) is 9.47 Å². The Morgan fingerprint density at radius 1 is 0.719 bits per heavy atom. The average molecular weight is 421 g/mol. The first-order valence-electron chi connectivity index (χ1n) is 11.3. The minimum Gasteiger partial charge on any atom is -0.497 e. The molecule has 0 saturated carbocycles. The molecule has 0 bridgehead atoms. The van der Waals surface area contributed by atoms with Crippen molar-refractivity contribution in [2.24, 2.45) is 0 Å². The van der Waals surface area contributed by atoms with E-state index in [2.05, 4.69) is 97.1 Å². The molecule has 0 unspecified atom stereocenters. The number of methoxy groups -OCH3 is 1. The molecule has 2 atom stereocenters. The van der Waals surface area contributed by atoms with Gasteiger partial charge in [0.15, 0.2) is 0 Å². The van der Waals surface area contributed by atoms with E-state index in [0.29, 0.717) is 18.4 Å². The second-order valence-corrected chi connectivity index (χ2v) is 8.44. The van der Waals surface area contributed by atoms with Gasteiger partial charge in [-0.2, -0.15) is 0 Å². The quantitative estimate of drug-likeness (QED) is 0.330. The van der Waals surface area contributed by atoms with Crippen molar-refractivity contribution in [3.8, 4) is 11.5 Å². The fourth-order valence-electron chi connectivity index (χ4n) is 4.91. The molecule has 0 saturated heterocycles. The predicted molar refractivity (Wildman–Crippen MR) is 130 cm³/mol. The van der Waals surface area contributed by atoms with Gasteiger partial charge in [0, 0.05) is 5.92 Å². The molecule has 4 aromatic rings. The summed E-state index contributed by atoms with van der Waals surface area (Å²) in [5.41, 5.74) is 6.72. The lowest BCUT2D eigenvalue weighted by molar-refractivity contribution is 0.305. The van der Waals surface area contributed by atoms with E-state index in [9.17, 15) is 0 Å². The second-order valence-electron chi connectivity index (χ2n) is 8.44. The summed E-state index contributed by atoms with van der Waals surface area (Å²) in [7, 11) is 1.72. The lowest BCUT2D eigenvalue weighted by Gasteiger charge is -2.35. The molecule has 0 fully saturated rings. The minimum atomic E-state index is 0.315. The number of hydrogen-bond donors (Lipinski definition) is 0. The first kappa shape index (κ1) is 20.4. The molecule has 1 aliphatic carbocycles. The maximum Gasteiger partial charge on any atom is 0.120 e. The summed E-state index contributed by atoms with van der Waals surface area (Å²) >= 11 is 0.